The number of rotatable bonds is 9. The van der Waals surface area contributed by atoms with Gasteiger partial charge in [-0.15, -0.1) is 0 Å². The molecule has 5 nitrogen and oxygen atoms in total. The minimum Gasteiger partial charge on any atom is -0.399 e. The van der Waals surface area contributed by atoms with Crippen LogP contribution in [0.3, 0.4) is 0 Å². The summed E-state index contributed by atoms with van der Waals surface area (Å²) in [5.74, 6) is -0.259. The van der Waals surface area contributed by atoms with Crippen LogP contribution in [0.2, 0.25) is 5.02 Å². The summed E-state index contributed by atoms with van der Waals surface area (Å²) in [6, 6.07) is 4.91. The fourth-order valence-corrected chi connectivity index (χ4v) is 1.69. The number of hydrogen-bond donors (Lipinski definition) is 2. The minimum atomic E-state index is -0.259. The summed E-state index contributed by atoms with van der Waals surface area (Å²) in [7, 11) is 0. The third-order valence-electron chi connectivity index (χ3n) is 2.51. The molecule has 3 N–H and O–H groups in total. The maximum absolute atomic E-state index is 11.6. The highest BCUT2D eigenvalue weighted by atomic mass is 35.5. The smallest absolute Gasteiger partial charge is 0.250 e. The van der Waals surface area contributed by atoms with Crippen molar-refractivity contribution in [3.63, 3.8) is 0 Å². The van der Waals surface area contributed by atoms with Crippen LogP contribution in [0, 0.1) is 0 Å². The van der Waals surface area contributed by atoms with Gasteiger partial charge in [-0.25, -0.2) is 0 Å². The Kier molecular flexibility index (Phi) is 8.02. The van der Waals surface area contributed by atoms with Crippen LogP contribution < -0.4 is 11.1 Å². The van der Waals surface area contributed by atoms with Crippen molar-refractivity contribution in [1.29, 1.82) is 0 Å². The Labute approximate surface area is 124 Å². The summed E-state index contributed by atoms with van der Waals surface area (Å²) < 4.78 is 10.5. The van der Waals surface area contributed by atoms with Gasteiger partial charge in [0, 0.05) is 12.3 Å². The number of carbonyl (C=O) groups excluding carboxylic acids is 1. The fraction of sp³-hybridized carbons (Fsp3) is 0.500. The first-order valence-corrected chi connectivity index (χ1v) is 7.01. The Morgan fingerprint density at radius 3 is 2.75 bits per heavy atom. The number of halogens is 1. The van der Waals surface area contributed by atoms with Crippen LogP contribution in [0.5, 0.6) is 0 Å². The molecule has 1 aromatic carbocycles. The summed E-state index contributed by atoms with van der Waals surface area (Å²) in [5.41, 5.74) is 6.64. The van der Waals surface area contributed by atoms with Crippen LogP contribution in [-0.4, -0.2) is 32.3 Å². The van der Waals surface area contributed by atoms with E-state index in [0.717, 1.165) is 19.4 Å². The summed E-state index contributed by atoms with van der Waals surface area (Å²) in [5, 5.41) is 3.06. The van der Waals surface area contributed by atoms with Gasteiger partial charge < -0.3 is 20.5 Å². The maximum atomic E-state index is 11.6. The van der Waals surface area contributed by atoms with E-state index < -0.39 is 0 Å². The number of carbonyl (C=O) groups is 1. The molecule has 0 saturated carbocycles. The number of nitrogens with one attached hydrogen (secondary N) is 1. The Morgan fingerprint density at radius 2 is 2.05 bits per heavy atom. The zero-order chi connectivity index (χ0) is 14.8. The van der Waals surface area contributed by atoms with Gasteiger partial charge in [0.25, 0.3) is 0 Å². The first kappa shape index (κ1) is 16.8. The second-order valence-corrected chi connectivity index (χ2v) is 4.71. The fourth-order valence-electron chi connectivity index (χ4n) is 1.45. The van der Waals surface area contributed by atoms with Crippen molar-refractivity contribution in [2.45, 2.75) is 19.8 Å². The van der Waals surface area contributed by atoms with Crippen molar-refractivity contribution in [1.82, 2.24) is 0 Å². The molecule has 112 valence electrons. The summed E-state index contributed by atoms with van der Waals surface area (Å²) in [6.07, 6.45) is 2.14. The Hall–Kier alpha value is -1.30. The first-order valence-electron chi connectivity index (χ1n) is 6.64. The normalized spacial score (nSPS) is 10.5. The summed E-state index contributed by atoms with van der Waals surface area (Å²) in [4.78, 5) is 11.6. The van der Waals surface area contributed by atoms with Crippen molar-refractivity contribution < 1.29 is 14.3 Å². The largest absolute Gasteiger partial charge is 0.399 e. The highest BCUT2D eigenvalue weighted by Gasteiger charge is 2.06. The van der Waals surface area contributed by atoms with Crippen molar-refractivity contribution in [2.24, 2.45) is 0 Å². The zero-order valence-electron chi connectivity index (χ0n) is 11.7. The molecule has 0 unspecified atom stereocenters. The Bertz CT molecular complexity index is 427. The number of unbranched alkanes of at least 4 members (excludes halogenated alkanes) is 1. The monoisotopic (exact) mass is 300 g/mol. The molecule has 0 heterocycles. The van der Waals surface area contributed by atoms with Gasteiger partial charge in [-0.2, -0.15) is 0 Å². The van der Waals surface area contributed by atoms with Crippen LogP contribution >= 0.6 is 11.6 Å². The number of hydrogen-bond acceptors (Lipinski definition) is 4. The van der Waals surface area contributed by atoms with E-state index in [1.165, 1.54) is 0 Å². The van der Waals surface area contributed by atoms with Crippen LogP contribution in [0.25, 0.3) is 0 Å². The molecule has 20 heavy (non-hydrogen) atoms. The molecule has 1 rings (SSSR count). The molecule has 6 heteroatoms. The van der Waals surface area contributed by atoms with E-state index in [0.29, 0.717) is 29.6 Å². The van der Waals surface area contributed by atoms with E-state index in [4.69, 9.17) is 26.8 Å². The molecule has 1 aromatic rings. The number of nitrogens with two attached hydrogens (primary N) is 1. The number of ether oxygens (including phenoxy) is 2. The van der Waals surface area contributed by atoms with E-state index >= 15 is 0 Å². The average Bonchev–Trinajstić information content (AvgIpc) is 2.41. The molecular formula is C14H21ClN2O3. The number of nitrogen functional groups attached to an aromatic ring is 1. The predicted molar refractivity (Wildman–Crippen MR) is 81.0 cm³/mol. The van der Waals surface area contributed by atoms with Gasteiger partial charge in [0.2, 0.25) is 5.91 Å². The molecule has 0 aliphatic rings. The van der Waals surface area contributed by atoms with Gasteiger partial charge in [0.05, 0.1) is 23.9 Å². The molecule has 0 atom stereocenters. The van der Waals surface area contributed by atoms with Gasteiger partial charge in [-0.05, 0) is 24.6 Å². The lowest BCUT2D eigenvalue weighted by atomic mass is 10.3. The molecule has 0 spiro atoms. The van der Waals surface area contributed by atoms with E-state index in [-0.39, 0.29) is 12.5 Å². The standard InChI is InChI=1S/C14H21ClN2O3/c1-2-3-6-19-7-8-20-10-14(18)17-13-5-4-11(16)9-12(13)15/h4-5,9H,2-3,6-8,10,16H2,1H3,(H,17,18). The summed E-state index contributed by atoms with van der Waals surface area (Å²) >= 11 is 5.95. The van der Waals surface area contributed by atoms with Gasteiger partial charge in [-0.1, -0.05) is 24.9 Å². The SMILES string of the molecule is CCCCOCCOCC(=O)Nc1ccc(N)cc1Cl. The molecule has 1 amide bonds. The number of amides is 1. The van der Waals surface area contributed by atoms with E-state index in [2.05, 4.69) is 12.2 Å². The van der Waals surface area contributed by atoms with Gasteiger partial charge >= 0.3 is 0 Å². The van der Waals surface area contributed by atoms with Gasteiger partial charge in [0.15, 0.2) is 0 Å². The van der Waals surface area contributed by atoms with Crippen LogP contribution in [-0.2, 0) is 14.3 Å². The topological polar surface area (TPSA) is 73.6 Å². The highest BCUT2D eigenvalue weighted by Crippen LogP contribution is 2.23. The Morgan fingerprint density at radius 1 is 1.30 bits per heavy atom. The maximum Gasteiger partial charge on any atom is 0.250 e. The quantitative estimate of drug-likeness (QED) is 0.543. The lowest BCUT2D eigenvalue weighted by Gasteiger charge is -2.08. The second kappa shape index (κ2) is 9.58. The minimum absolute atomic E-state index is 0.0299. The third kappa shape index (κ3) is 6.75. The molecule has 0 aliphatic heterocycles. The molecule has 0 fully saturated rings. The van der Waals surface area contributed by atoms with Crippen LogP contribution in [0.4, 0.5) is 11.4 Å². The Balaban J connectivity index is 2.17. The highest BCUT2D eigenvalue weighted by molar-refractivity contribution is 6.34. The summed E-state index contributed by atoms with van der Waals surface area (Å²) in [6.45, 7) is 3.69. The molecule has 0 aromatic heterocycles. The lowest BCUT2D eigenvalue weighted by molar-refractivity contribution is -0.121. The number of anilines is 2. The van der Waals surface area contributed by atoms with Crippen molar-refractivity contribution >= 4 is 28.9 Å². The second-order valence-electron chi connectivity index (χ2n) is 4.31. The van der Waals surface area contributed by atoms with Gasteiger partial charge in [-0.3, -0.25) is 4.79 Å². The van der Waals surface area contributed by atoms with E-state index in [9.17, 15) is 4.79 Å². The third-order valence-corrected chi connectivity index (χ3v) is 2.83. The average molecular weight is 301 g/mol. The molecule has 0 radical (unpaired) electrons. The first-order chi connectivity index (χ1) is 9.63. The molecule has 0 saturated heterocycles. The lowest BCUT2D eigenvalue weighted by Crippen LogP contribution is -2.20. The zero-order valence-corrected chi connectivity index (χ0v) is 12.4. The predicted octanol–water partition coefficient (Wildman–Crippen LogP) is 2.69. The molecule has 0 bridgehead atoms. The number of benzene rings is 1. The van der Waals surface area contributed by atoms with E-state index in [1.807, 2.05) is 0 Å². The van der Waals surface area contributed by atoms with Crippen molar-refractivity contribution in [2.75, 3.05) is 37.5 Å². The molecular weight excluding hydrogens is 280 g/mol. The van der Waals surface area contributed by atoms with Crippen molar-refractivity contribution in [3.05, 3.63) is 23.2 Å². The molecule has 0 aliphatic carbocycles. The van der Waals surface area contributed by atoms with Crippen molar-refractivity contribution in [3.8, 4) is 0 Å². The van der Waals surface area contributed by atoms with Crippen LogP contribution in [0.1, 0.15) is 19.8 Å². The van der Waals surface area contributed by atoms with E-state index in [1.54, 1.807) is 18.2 Å². The van der Waals surface area contributed by atoms with Gasteiger partial charge in [0.1, 0.15) is 6.61 Å². The van der Waals surface area contributed by atoms with Crippen LogP contribution in [0.15, 0.2) is 18.2 Å².